The van der Waals surface area contributed by atoms with Crippen molar-refractivity contribution in [3.05, 3.63) is 74.8 Å². The summed E-state index contributed by atoms with van der Waals surface area (Å²) in [5, 5.41) is 5.22. The molecule has 1 heterocycles. The van der Waals surface area contributed by atoms with Crippen molar-refractivity contribution < 1.29 is 19.1 Å². The van der Waals surface area contributed by atoms with Crippen molar-refractivity contribution in [3.63, 3.8) is 0 Å². The van der Waals surface area contributed by atoms with Gasteiger partial charge in [0.05, 0.1) is 10.8 Å². The summed E-state index contributed by atoms with van der Waals surface area (Å²) in [5.74, 6) is -2.10. The molecule has 0 saturated carbocycles. The summed E-state index contributed by atoms with van der Waals surface area (Å²) < 4.78 is 5.88. The maximum absolute atomic E-state index is 12.4. The van der Waals surface area contributed by atoms with Gasteiger partial charge in [0.15, 0.2) is 6.10 Å². The van der Waals surface area contributed by atoms with Crippen LogP contribution in [0.4, 0.5) is 5.69 Å². The zero-order valence-corrected chi connectivity index (χ0v) is 15.9. The SMILES string of the molecule is C[C@H](OC(=O)Cn1[nH]c(=O)c2ccccc2c1=O)C(=O)Nc1ccc(C(N)=O)cc1. The molecule has 0 aliphatic rings. The maximum atomic E-state index is 12.4. The number of fused-ring (bicyclic) bond motifs is 1. The molecule has 0 aliphatic carbocycles. The van der Waals surface area contributed by atoms with Gasteiger partial charge in [-0.25, -0.2) is 4.68 Å². The highest BCUT2D eigenvalue weighted by Crippen LogP contribution is 2.10. The Kier molecular flexibility index (Phi) is 5.77. The number of hydrogen-bond acceptors (Lipinski definition) is 6. The average molecular weight is 410 g/mol. The predicted octanol–water partition coefficient (Wildman–Crippen LogP) is 0.359. The van der Waals surface area contributed by atoms with E-state index in [1.165, 1.54) is 43.3 Å². The molecular weight excluding hydrogens is 392 g/mol. The number of rotatable bonds is 6. The molecule has 0 unspecified atom stereocenters. The lowest BCUT2D eigenvalue weighted by molar-refractivity contribution is -0.154. The topological polar surface area (TPSA) is 153 Å². The fraction of sp³-hybridized carbons (Fsp3) is 0.150. The first kappa shape index (κ1) is 20.5. The molecule has 0 radical (unpaired) electrons. The molecule has 154 valence electrons. The van der Waals surface area contributed by atoms with Crippen LogP contribution in [0.1, 0.15) is 17.3 Å². The largest absolute Gasteiger partial charge is 0.451 e. The number of nitrogens with zero attached hydrogens (tertiary/aromatic N) is 1. The molecule has 1 atom stereocenters. The van der Waals surface area contributed by atoms with Gasteiger partial charge in [-0.15, -0.1) is 0 Å². The normalized spacial score (nSPS) is 11.6. The van der Waals surface area contributed by atoms with Crippen LogP contribution in [-0.2, 0) is 20.9 Å². The minimum absolute atomic E-state index is 0.166. The second-order valence-corrected chi connectivity index (χ2v) is 6.44. The summed E-state index contributed by atoms with van der Waals surface area (Å²) in [4.78, 5) is 59.9. The second-order valence-electron chi connectivity index (χ2n) is 6.44. The number of primary amides is 1. The van der Waals surface area contributed by atoms with E-state index in [4.69, 9.17) is 10.5 Å². The number of anilines is 1. The van der Waals surface area contributed by atoms with Gasteiger partial charge in [-0.05, 0) is 43.3 Å². The molecule has 30 heavy (non-hydrogen) atoms. The van der Waals surface area contributed by atoms with Crippen molar-refractivity contribution in [1.29, 1.82) is 0 Å². The Morgan fingerprint density at radius 3 is 2.33 bits per heavy atom. The highest BCUT2D eigenvalue weighted by molar-refractivity contribution is 5.96. The predicted molar refractivity (Wildman–Crippen MR) is 108 cm³/mol. The first-order valence-electron chi connectivity index (χ1n) is 8.88. The number of benzene rings is 2. The summed E-state index contributed by atoms with van der Waals surface area (Å²) in [6.45, 7) is 0.792. The van der Waals surface area contributed by atoms with Crippen molar-refractivity contribution in [2.24, 2.45) is 5.73 Å². The Morgan fingerprint density at radius 1 is 1.07 bits per heavy atom. The van der Waals surface area contributed by atoms with E-state index in [1.807, 2.05) is 0 Å². The van der Waals surface area contributed by atoms with E-state index >= 15 is 0 Å². The van der Waals surface area contributed by atoms with Gasteiger partial charge in [-0.3, -0.25) is 29.1 Å². The van der Waals surface area contributed by atoms with Crippen LogP contribution in [0.2, 0.25) is 0 Å². The zero-order valence-electron chi connectivity index (χ0n) is 15.9. The third-order valence-corrected chi connectivity index (χ3v) is 4.29. The van der Waals surface area contributed by atoms with Gasteiger partial charge < -0.3 is 15.8 Å². The van der Waals surface area contributed by atoms with Crippen LogP contribution in [-0.4, -0.2) is 33.7 Å². The highest BCUT2D eigenvalue weighted by atomic mass is 16.5. The van der Waals surface area contributed by atoms with Gasteiger partial charge >= 0.3 is 5.97 Å². The molecule has 4 N–H and O–H groups in total. The van der Waals surface area contributed by atoms with Crippen molar-refractivity contribution in [1.82, 2.24) is 9.78 Å². The molecule has 0 aliphatic heterocycles. The van der Waals surface area contributed by atoms with E-state index in [0.29, 0.717) is 5.69 Å². The lowest BCUT2D eigenvalue weighted by Crippen LogP contribution is -2.35. The van der Waals surface area contributed by atoms with Crippen molar-refractivity contribution in [3.8, 4) is 0 Å². The van der Waals surface area contributed by atoms with Crippen LogP contribution < -0.4 is 22.2 Å². The number of carbonyl (C=O) groups excluding carboxylic acids is 3. The number of nitrogens with one attached hydrogen (secondary N) is 2. The number of esters is 1. The fourth-order valence-corrected chi connectivity index (χ4v) is 2.74. The number of hydrogen-bond donors (Lipinski definition) is 3. The van der Waals surface area contributed by atoms with Crippen LogP contribution >= 0.6 is 0 Å². The first-order chi connectivity index (χ1) is 14.3. The van der Waals surface area contributed by atoms with Crippen LogP contribution in [0.15, 0.2) is 58.1 Å². The van der Waals surface area contributed by atoms with E-state index < -0.39 is 41.6 Å². The molecule has 0 saturated heterocycles. The van der Waals surface area contributed by atoms with E-state index in [2.05, 4.69) is 10.4 Å². The lowest BCUT2D eigenvalue weighted by Gasteiger charge is -2.14. The van der Waals surface area contributed by atoms with Gasteiger partial charge in [0, 0.05) is 11.3 Å². The number of ether oxygens (including phenoxy) is 1. The Hall–Kier alpha value is -4.21. The number of nitrogens with two attached hydrogens (primary N) is 1. The zero-order chi connectivity index (χ0) is 21.8. The third-order valence-electron chi connectivity index (χ3n) is 4.29. The summed E-state index contributed by atoms with van der Waals surface area (Å²) in [7, 11) is 0. The average Bonchev–Trinajstić information content (AvgIpc) is 2.72. The molecule has 0 bridgehead atoms. The van der Waals surface area contributed by atoms with Crippen molar-refractivity contribution >= 4 is 34.2 Å². The van der Waals surface area contributed by atoms with Crippen LogP contribution in [0.5, 0.6) is 0 Å². The second kappa shape index (κ2) is 8.43. The number of amides is 2. The smallest absolute Gasteiger partial charge is 0.328 e. The molecule has 1 aromatic heterocycles. The number of H-pyrrole nitrogens is 1. The lowest BCUT2D eigenvalue weighted by atomic mass is 10.2. The van der Waals surface area contributed by atoms with Crippen LogP contribution in [0.3, 0.4) is 0 Å². The van der Waals surface area contributed by atoms with Gasteiger partial charge in [-0.1, -0.05) is 12.1 Å². The van der Waals surface area contributed by atoms with E-state index in [0.717, 1.165) is 4.68 Å². The Bertz CT molecular complexity index is 1240. The Morgan fingerprint density at radius 2 is 1.70 bits per heavy atom. The minimum atomic E-state index is -1.17. The van der Waals surface area contributed by atoms with E-state index in [9.17, 15) is 24.0 Å². The molecule has 2 aromatic carbocycles. The summed E-state index contributed by atoms with van der Waals surface area (Å²) in [6, 6.07) is 12.0. The van der Waals surface area contributed by atoms with E-state index in [-0.39, 0.29) is 16.3 Å². The first-order valence-corrected chi connectivity index (χ1v) is 8.88. The summed E-state index contributed by atoms with van der Waals surface area (Å²) in [5.41, 5.74) is 4.72. The molecule has 3 aromatic rings. The van der Waals surface area contributed by atoms with E-state index in [1.54, 1.807) is 12.1 Å². The van der Waals surface area contributed by atoms with Crippen LogP contribution in [0, 0.1) is 0 Å². The standard InChI is InChI=1S/C20H18N4O6/c1-11(18(27)22-13-8-6-12(7-9-13)17(21)26)30-16(25)10-24-20(29)15-5-3-2-4-14(15)19(28)23-24/h2-9,11H,10H2,1H3,(H2,21,26)(H,22,27)(H,23,28)/t11-/m0/s1. The monoisotopic (exact) mass is 410 g/mol. The molecule has 0 spiro atoms. The molecule has 10 heteroatoms. The van der Waals surface area contributed by atoms with Crippen molar-refractivity contribution in [2.75, 3.05) is 5.32 Å². The molecule has 3 rings (SSSR count). The molecule has 2 amide bonds. The van der Waals surface area contributed by atoms with Crippen LogP contribution in [0.25, 0.3) is 10.8 Å². The third kappa shape index (κ3) is 4.43. The summed E-state index contributed by atoms with van der Waals surface area (Å²) in [6.07, 6.45) is -1.17. The van der Waals surface area contributed by atoms with Gasteiger partial charge in [0.2, 0.25) is 5.91 Å². The number of aromatic nitrogens is 2. The quantitative estimate of drug-likeness (QED) is 0.499. The highest BCUT2D eigenvalue weighted by Gasteiger charge is 2.19. The Labute approximate surface area is 169 Å². The summed E-state index contributed by atoms with van der Waals surface area (Å²) >= 11 is 0. The van der Waals surface area contributed by atoms with Gasteiger partial charge in [-0.2, -0.15) is 0 Å². The van der Waals surface area contributed by atoms with Gasteiger partial charge in [0.1, 0.15) is 6.54 Å². The molecule has 0 fully saturated rings. The minimum Gasteiger partial charge on any atom is -0.451 e. The number of aromatic amines is 1. The number of carbonyl (C=O) groups is 3. The van der Waals surface area contributed by atoms with Gasteiger partial charge in [0.25, 0.3) is 17.0 Å². The maximum Gasteiger partial charge on any atom is 0.328 e. The Balaban J connectivity index is 1.66. The molecular formula is C20H18N4O6. The molecule has 10 nitrogen and oxygen atoms in total. The van der Waals surface area contributed by atoms with Crippen molar-refractivity contribution in [2.45, 2.75) is 19.6 Å². The fourth-order valence-electron chi connectivity index (χ4n) is 2.74.